The molecule has 0 saturated carbocycles. The summed E-state index contributed by atoms with van der Waals surface area (Å²) in [6.07, 6.45) is 3.59. The van der Waals surface area contributed by atoms with Crippen LogP contribution in [0.15, 0.2) is 85.5 Å². The Balaban J connectivity index is 1.43. The number of imidazole rings is 1. The molecule has 0 atom stereocenters. The van der Waals surface area contributed by atoms with E-state index in [-0.39, 0.29) is 0 Å². The van der Waals surface area contributed by atoms with Crippen LogP contribution in [0, 0.1) is 6.92 Å². The lowest BCUT2D eigenvalue weighted by molar-refractivity contribution is 0.279. The SMILES string of the molecule is C=CCc1ccccc1OCCCn1c(COc2ccc(C)cc2)nc2ccccc21. The summed E-state index contributed by atoms with van der Waals surface area (Å²) in [7, 11) is 0. The van der Waals surface area contributed by atoms with E-state index in [2.05, 4.69) is 42.3 Å². The molecule has 0 aliphatic carbocycles. The van der Waals surface area contributed by atoms with Crippen molar-refractivity contribution >= 4 is 11.0 Å². The van der Waals surface area contributed by atoms with Crippen LogP contribution in [0.25, 0.3) is 11.0 Å². The Morgan fingerprint density at radius 3 is 2.55 bits per heavy atom. The van der Waals surface area contributed by atoms with Crippen LogP contribution in [-0.2, 0) is 19.6 Å². The van der Waals surface area contributed by atoms with Gasteiger partial charge in [0.2, 0.25) is 0 Å². The summed E-state index contributed by atoms with van der Waals surface area (Å²) in [5.41, 5.74) is 4.49. The Morgan fingerprint density at radius 2 is 1.71 bits per heavy atom. The maximum Gasteiger partial charge on any atom is 0.147 e. The van der Waals surface area contributed by atoms with Crippen LogP contribution in [-0.4, -0.2) is 16.2 Å². The van der Waals surface area contributed by atoms with Gasteiger partial charge in [-0.15, -0.1) is 6.58 Å². The highest BCUT2D eigenvalue weighted by Crippen LogP contribution is 2.21. The molecule has 0 aliphatic heterocycles. The number of hydrogen-bond acceptors (Lipinski definition) is 3. The number of ether oxygens (including phenoxy) is 2. The average molecular weight is 413 g/mol. The molecule has 0 saturated heterocycles. The summed E-state index contributed by atoms with van der Waals surface area (Å²) in [6, 6.07) is 24.5. The van der Waals surface area contributed by atoms with Gasteiger partial charge < -0.3 is 14.0 Å². The first-order valence-corrected chi connectivity index (χ1v) is 10.7. The van der Waals surface area contributed by atoms with E-state index in [0.717, 1.165) is 53.3 Å². The Hall–Kier alpha value is -3.53. The van der Waals surface area contributed by atoms with Crippen molar-refractivity contribution in [1.82, 2.24) is 9.55 Å². The Morgan fingerprint density at radius 1 is 0.935 bits per heavy atom. The second-order valence-electron chi connectivity index (χ2n) is 7.57. The fourth-order valence-electron chi connectivity index (χ4n) is 3.64. The minimum Gasteiger partial charge on any atom is -0.493 e. The molecule has 158 valence electrons. The number of para-hydroxylation sites is 3. The molecule has 0 N–H and O–H groups in total. The molecule has 4 nitrogen and oxygen atoms in total. The molecular formula is C27H28N2O2. The maximum atomic E-state index is 6.07. The second-order valence-corrected chi connectivity index (χ2v) is 7.57. The summed E-state index contributed by atoms with van der Waals surface area (Å²) in [4.78, 5) is 4.81. The Kier molecular flexibility index (Phi) is 6.68. The van der Waals surface area contributed by atoms with Crippen LogP contribution in [0.5, 0.6) is 11.5 Å². The summed E-state index contributed by atoms with van der Waals surface area (Å²) in [5, 5.41) is 0. The highest BCUT2D eigenvalue weighted by Gasteiger charge is 2.11. The number of fused-ring (bicyclic) bond motifs is 1. The van der Waals surface area contributed by atoms with Crippen molar-refractivity contribution in [3.8, 4) is 11.5 Å². The first-order valence-electron chi connectivity index (χ1n) is 10.7. The number of nitrogens with zero attached hydrogens (tertiary/aromatic N) is 2. The lowest BCUT2D eigenvalue weighted by atomic mass is 10.1. The molecule has 0 amide bonds. The van der Waals surface area contributed by atoms with Crippen LogP contribution in [0.1, 0.15) is 23.4 Å². The third-order valence-electron chi connectivity index (χ3n) is 5.24. The molecule has 3 aromatic carbocycles. The van der Waals surface area contributed by atoms with Crippen molar-refractivity contribution in [2.75, 3.05) is 6.61 Å². The molecule has 0 radical (unpaired) electrons. The summed E-state index contributed by atoms with van der Waals surface area (Å²) < 4.78 is 14.3. The van der Waals surface area contributed by atoms with E-state index in [1.54, 1.807) is 0 Å². The number of allylic oxidation sites excluding steroid dienone is 1. The van der Waals surface area contributed by atoms with E-state index < -0.39 is 0 Å². The summed E-state index contributed by atoms with van der Waals surface area (Å²) in [5.74, 6) is 2.71. The highest BCUT2D eigenvalue weighted by atomic mass is 16.5. The minimum absolute atomic E-state index is 0.431. The maximum absolute atomic E-state index is 6.07. The number of rotatable bonds is 10. The second kappa shape index (κ2) is 9.98. The molecule has 31 heavy (non-hydrogen) atoms. The number of benzene rings is 3. The van der Waals surface area contributed by atoms with Crippen molar-refractivity contribution < 1.29 is 9.47 Å². The van der Waals surface area contributed by atoms with Gasteiger partial charge in [0, 0.05) is 6.54 Å². The first kappa shape index (κ1) is 20.7. The van der Waals surface area contributed by atoms with Crippen molar-refractivity contribution in [2.24, 2.45) is 0 Å². The molecule has 4 rings (SSSR count). The van der Waals surface area contributed by atoms with Crippen molar-refractivity contribution in [1.29, 1.82) is 0 Å². The van der Waals surface area contributed by atoms with Gasteiger partial charge in [-0.25, -0.2) is 4.98 Å². The Bertz CT molecular complexity index is 1150. The lowest BCUT2D eigenvalue weighted by Crippen LogP contribution is -2.10. The summed E-state index contributed by atoms with van der Waals surface area (Å²) in [6.45, 7) is 7.79. The van der Waals surface area contributed by atoms with E-state index in [1.165, 1.54) is 5.56 Å². The first-order chi connectivity index (χ1) is 15.2. The lowest BCUT2D eigenvalue weighted by Gasteiger charge is -2.13. The van der Waals surface area contributed by atoms with Gasteiger partial charge in [-0.1, -0.05) is 54.1 Å². The quantitative estimate of drug-likeness (QED) is 0.232. The smallest absolute Gasteiger partial charge is 0.147 e. The normalized spacial score (nSPS) is 10.9. The van der Waals surface area contributed by atoms with Gasteiger partial charge >= 0.3 is 0 Å². The molecule has 1 heterocycles. The predicted molar refractivity (Wildman–Crippen MR) is 126 cm³/mol. The zero-order valence-electron chi connectivity index (χ0n) is 18.0. The molecule has 4 heteroatoms. The van der Waals surface area contributed by atoms with Gasteiger partial charge in [0.05, 0.1) is 17.6 Å². The highest BCUT2D eigenvalue weighted by molar-refractivity contribution is 5.75. The van der Waals surface area contributed by atoms with E-state index in [0.29, 0.717) is 13.2 Å². The van der Waals surface area contributed by atoms with E-state index >= 15 is 0 Å². The molecule has 0 spiro atoms. The number of hydrogen-bond donors (Lipinski definition) is 0. The molecule has 0 aliphatic rings. The average Bonchev–Trinajstić information content (AvgIpc) is 3.15. The largest absolute Gasteiger partial charge is 0.493 e. The van der Waals surface area contributed by atoms with Crippen LogP contribution in [0.2, 0.25) is 0 Å². The van der Waals surface area contributed by atoms with Gasteiger partial charge in [-0.2, -0.15) is 0 Å². The van der Waals surface area contributed by atoms with Crippen LogP contribution in [0.3, 0.4) is 0 Å². The van der Waals surface area contributed by atoms with Gasteiger partial charge in [-0.05, 0) is 55.7 Å². The van der Waals surface area contributed by atoms with Crippen LogP contribution in [0.4, 0.5) is 0 Å². The van der Waals surface area contributed by atoms with Gasteiger partial charge in [-0.3, -0.25) is 0 Å². The fraction of sp³-hybridized carbons (Fsp3) is 0.222. The third-order valence-corrected chi connectivity index (χ3v) is 5.24. The monoisotopic (exact) mass is 412 g/mol. The molecule has 1 aromatic heterocycles. The van der Waals surface area contributed by atoms with Crippen molar-refractivity contribution in [3.63, 3.8) is 0 Å². The van der Waals surface area contributed by atoms with Crippen LogP contribution >= 0.6 is 0 Å². The van der Waals surface area contributed by atoms with Gasteiger partial charge in [0.25, 0.3) is 0 Å². The van der Waals surface area contributed by atoms with E-state index in [4.69, 9.17) is 14.5 Å². The number of aromatic nitrogens is 2. The van der Waals surface area contributed by atoms with Gasteiger partial charge in [0.15, 0.2) is 0 Å². The molecular weight excluding hydrogens is 384 g/mol. The Labute approximate surface area is 183 Å². The molecule has 0 fully saturated rings. The van der Waals surface area contributed by atoms with Gasteiger partial charge in [0.1, 0.15) is 23.9 Å². The standard InChI is InChI=1S/C27H28N2O2/c1-3-9-22-10-4-7-13-26(22)30-19-8-18-29-25-12-6-5-11-24(25)28-27(29)20-31-23-16-14-21(2)15-17-23/h3-7,10-17H,1,8-9,18-20H2,2H3. The van der Waals surface area contributed by atoms with E-state index in [9.17, 15) is 0 Å². The molecule has 0 bridgehead atoms. The minimum atomic E-state index is 0.431. The molecule has 0 unspecified atom stereocenters. The van der Waals surface area contributed by atoms with Crippen molar-refractivity contribution in [2.45, 2.75) is 32.9 Å². The van der Waals surface area contributed by atoms with Crippen molar-refractivity contribution in [3.05, 3.63) is 102 Å². The number of aryl methyl sites for hydroxylation is 2. The zero-order chi connectivity index (χ0) is 21.5. The zero-order valence-corrected chi connectivity index (χ0v) is 18.0. The van der Waals surface area contributed by atoms with E-state index in [1.807, 2.05) is 54.6 Å². The molecule has 4 aromatic rings. The predicted octanol–water partition coefficient (Wildman–Crippen LogP) is 6.12. The fourth-order valence-corrected chi connectivity index (χ4v) is 3.64. The summed E-state index contributed by atoms with van der Waals surface area (Å²) >= 11 is 0. The van der Waals surface area contributed by atoms with Crippen LogP contribution < -0.4 is 9.47 Å². The topological polar surface area (TPSA) is 36.3 Å². The third kappa shape index (κ3) is 5.15.